The van der Waals surface area contributed by atoms with E-state index in [-0.39, 0.29) is 17.9 Å². The quantitative estimate of drug-likeness (QED) is 0.829. The first-order valence-electron chi connectivity index (χ1n) is 9.29. The summed E-state index contributed by atoms with van der Waals surface area (Å²) in [5.41, 5.74) is 0. The number of carbonyl (C=O) groups excluding carboxylic acids is 1. The van der Waals surface area contributed by atoms with E-state index in [1.165, 1.54) is 0 Å². The van der Waals surface area contributed by atoms with Gasteiger partial charge < -0.3 is 14.7 Å². The largest absolute Gasteiger partial charge is 0.342 e. The van der Waals surface area contributed by atoms with Gasteiger partial charge in [-0.15, -0.1) is 0 Å². The minimum atomic E-state index is 0.0349. The van der Waals surface area contributed by atoms with Gasteiger partial charge in [0.05, 0.1) is 6.04 Å². The minimum absolute atomic E-state index is 0.0349. The lowest BCUT2D eigenvalue weighted by atomic mass is 9.92. The molecule has 1 N–H and O–H groups in total. The van der Waals surface area contributed by atoms with Crippen molar-refractivity contribution in [2.75, 3.05) is 13.1 Å². The summed E-state index contributed by atoms with van der Waals surface area (Å²) in [6.07, 6.45) is 4.04. The molecule has 1 fully saturated rings. The molecule has 1 aromatic heterocycles. The van der Waals surface area contributed by atoms with Gasteiger partial charge in [0.15, 0.2) is 5.82 Å². The van der Waals surface area contributed by atoms with Crippen LogP contribution in [-0.2, 0) is 11.2 Å². The predicted octanol–water partition coefficient (Wildman–Crippen LogP) is 2.96. The van der Waals surface area contributed by atoms with E-state index in [0.29, 0.717) is 17.9 Å². The second-order valence-corrected chi connectivity index (χ2v) is 7.35. The number of aromatic nitrogens is 2. The van der Waals surface area contributed by atoms with Crippen molar-refractivity contribution in [3.8, 4) is 0 Å². The maximum Gasteiger partial charge on any atom is 0.243 e. The molecule has 3 atom stereocenters. The number of aryl methyl sites for hydroxylation is 1. The summed E-state index contributed by atoms with van der Waals surface area (Å²) < 4.78 is 5.40. The fourth-order valence-electron chi connectivity index (χ4n) is 3.23. The van der Waals surface area contributed by atoms with Crippen LogP contribution in [-0.4, -0.2) is 40.1 Å². The Balaban J connectivity index is 1.87. The van der Waals surface area contributed by atoms with Gasteiger partial charge >= 0.3 is 0 Å². The molecule has 136 valence electrons. The fraction of sp³-hybridized carbons (Fsp3) is 0.833. The Hall–Kier alpha value is -1.43. The van der Waals surface area contributed by atoms with Crippen LogP contribution < -0.4 is 5.32 Å². The van der Waals surface area contributed by atoms with Crippen LogP contribution in [0.15, 0.2) is 4.52 Å². The number of amides is 1. The Morgan fingerprint density at radius 2 is 2.17 bits per heavy atom. The second-order valence-electron chi connectivity index (χ2n) is 7.35. The van der Waals surface area contributed by atoms with E-state index < -0.39 is 0 Å². The smallest absolute Gasteiger partial charge is 0.243 e. The van der Waals surface area contributed by atoms with E-state index in [1.54, 1.807) is 0 Å². The molecule has 0 unspecified atom stereocenters. The third-order valence-corrected chi connectivity index (χ3v) is 4.78. The van der Waals surface area contributed by atoms with Crippen LogP contribution in [0.3, 0.4) is 0 Å². The van der Waals surface area contributed by atoms with E-state index in [9.17, 15) is 4.79 Å². The summed E-state index contributed by atoms with van der Waals surface area (Å²) >= 11 is 0. The zero-order chi connectivity index (χ0) is 17.7. The minimum Gasteiger partial charge on any atom is -0.342 e. The Morgan fingerprint density at radius 3 is 2.79 bits per heavy atom. The maximum atomic E-state index is 12.2. The van der Waals surface area contributed by atoms with Crippen molar-refractivity contribution >= 4 is 5.91 Å². The van der Waals surface area contributed by atoms with Crippen molar-refractivity contribution in [1.29, 1.82) is 0 Å². The van der Waals surface area contributed by atoms with E-state index in [2.05, 4.69) is 36.2 Å². The molecule has 0 radical (unpaired) electrons. The van der Waals surface area contributed by atoms with Crippen LogP contribution in [0.5, 0.6) is 0 Å². The average molecular weight is 336 g/mol. The molecule has 0 aromatic carbocycles. The van der Waals surface area contributed by atoms with Gasteiger partial charge in [0.2, 0.25) is 11.8 Å². The van der Waals surface area contributed by atoms with Gasteiger partial charge in [0.1, 0.15) is 0 Å². The molecule has 6 nitrogen and oxygen atoms in total. The molecule has 24 heavy (non-hydrogen) atoms. The molecule has 6 heteroatoms. The van der Waals surface area contributed by atoms with Crippen molar-refractivity contribution in [2.24, 2.45) is 11.8 Å². The molecule has 0 bridgehead atoms. The molecule has 0 saturated carbocycles. The zero-order valence-corrected chi connectivity index (χ0v) is 15.7. The maximum absolute atomic E-state index is 12.2. The first kappa shape index (κ1) is 18.9. The van der Waals surface area contributed by atoms with Crippen molar-refractivity contribution < 1.29 is 9.32 Å². The predicted molar refractivity (Wildman–Crippen MR) is 93.4 cm³/mol. The molecule has 1 amide bonds. The number of piperidine rings is 1. The van der Waals surface area contributed by atoms with Crippen LogP contribution in [0.1, 0.15) is 71.6 Å². The molecular formula is C18H32N4O2. The van der Waals surface area contributed by atoms with Crippen LogP contribution >= 0.6 is 0 Å². The summed E-state index contributed by atoms with van der Waals surface area (Å²) in [5.74, 6) is 2.19. The Bertz CT molecular complexity index is 529. The second kappa shape index (κ2) is 8.60. The van der Waals surface area contributed by atoms with Crippen molar-refractivity contribution in [3.05, 3.63) is 11.7 Å². The number of hydrogen-bond acceptors (Lipinski definition) is 5. The van der Waals surface area contributed by atoms with Crippen LogP contribution in [0.2, 0.25) is 0 Å². The van der Waals surface area contributed by atoms with Crippen LogP contribution in [0, 0.1) is 11.8 Å². The highest BCUT2D eigenvalue weighted by Crippen LogP contribution is 2.22. The Labute approximate surface area is 145 Å². The Kier molecular flexibility index (Phi) is 6.78. The molecule has 1 saturated heterocycles. The lowest BCUT2D eigenvalue weighted by Crippen LogP contribution is -2.51. The normalized spacial score (nSPS) is 22.8. The van der Waals surface area contributed by atoms with Gasteiger partial charge in [-0.3, -0.25) is 4.79 Å². The summed E-state index contributed by atoms with van der Waals surface area (Å²) in [7, 11) is 0. The van der Waals surface area contributed by atoms with Gasteiger partial charge in [-0.25, -0.2) is 0 Å². The highest BCUT2D eigenvalue weighted by atomic mass is 16.5. The summed E-state index contributed by atoms with van der Waals surface area (Å²) in [6, 6.07) is 0.398. The lowest BCUT2D eigenvalue weighted by molar-refractivity contribution is -0.136. The number of likely N-dealkylation sites (tertiary alicyclic amines) is 1. The number of nitrogens with zero attached hydrogens (tertiary/aromatic N) is 3. The molecular weight excluding hydrogens is 304 g/mol. The van der Waals surface area contributed by atoms with Gasteiger partial charge in [0, 0.05) is 31.5 Å². The fourth-order valence-corrected chi connectivity index (χ4v) is 3.23. The number of nitrogens with one attached hydrogen (secondary N) is 1. The molecule has 2 rings (SSSR count). The third kappa shape index (κ3) is 4.79. The van der Waals surface area contributed by atoms with Gasteiger partial charge in [-0.2, -0.15) is 4.98 Å². The number of unbranched alkanes of at least 4 members (excludes halogenated alkanes) is 1. The molecule has 0 spiro atoms. The highest BCUT2D eigenvalue weighted by molar-refractivity contribution is 5.78. The SMILES string of the molecule is CCCCc1noc([C@H](C)N[C@@H]2CCN(C(=O)C(C)C)C[C@@H]2C)n1. The first-order valence-corrected chi connectivity index (χ1v) is 9.29. The number of rotatable bonds is 7. The topological polar surface area (TPSA) is 71.3 Å². The van der Waals surface area contributed by atoms with E-state index >= 15 is 0 Å². The Morgan fingerprint density at radius 1 is 1.42 bits per heavy atom. The summed E-state index contributed by atoms with van der Waals surface area (Å²) in [6.45, 7) is 12.0. The monoisotopic (exact) mass is 336 g/mol. The first-order chi connectivity index (χ1) is 11.4. The van der Waals surface area contributed by atoms with Gasteiger partial charge in [-0.1, -0.05) is 39.3 Å². The van der Waals surface area contributed by atoms with E-state index in [1.807, 2.05) is 18.7 Å². The van der Waals surface area contributed by atoms with Crippen molar-refractivity contribution in [3.63, 3.8) is 0 Å². The van der Waals surface area contributed by atoms with E-state index in [0.717, 1.165) is 44.6 Å². The number of carbonyl (C=O) groups is 1. The molecule has 1 aliphatic rings. The highest BCUT2D eigenvalue weighted by Gasteiger charge is 2.31. The molecule has 0 aliphatic carbocycles. The van der Waals surface area contributed by atoms with Gasteiger partial charge in [0.25, 0.3) is 0 Å². The summed E-state index contributed by atoms with van der Waals surface area (Å²) in [4.78, 5) is 18.6. The summed E-state index contributed by atoms with van der Waals surface area (Å²) in [5, 5.41) is 7.67. The van der Waals surface area contributed by atoms with Crippen molar-refractivity contribution in [2.45, 2.75) is 72.4 Å². The molecule has 2 heterocycles. The van der Waals surface area contributed by atoms with E-state index in [4.69, 9.17) is 4.52 Å². The average Bonchev–Trinajstić information content (AvgIpc) is 3.03. The number of hydrogen-bond donors (Lipinski definition) is 1. The van der Waals surface area contributed by atoms with Gasteiger partial charge in [-0.05, 0) is 25.7 Å². The van der Waals surface area contributed by atoms with Crippen LogP contribution in [0.4, 0.5) is 0 Å². The third-order valence-electron chi connectivity index (χ3n) is 4.78. The van der Waals surface area contributed by atoms with Crippen LogP contribution in [0.25, 0.3) is 0 Å². The lowest BCUT2D eigenvalue weighted by Gasteiger charge is -2.39. The molecule has 1 aliphatic heterocycles. The standard InChI is InChI=1S/C18H32N4O2/c1-6-7-8-16-20-17(24-21-16)14(5)19-15-9-10-22(11-13(15)4)18(23)12(2)3/h12-15,19H,6-11H2,1-5H3/t13-,14-,15+/m0/s1. The van der Waals surface area contributed by atoms with Crippen molar-refractivity contribution in [1.82, 2.24) is 20.4 Å². The molecule has 1 aromatic rings. The zero-order valence-electron chi connectivity index (χ0n) is 15.7.